The monoisotopic (exact) mass is 212 g/mol. The number of para-hydroxylation sites is 1. The molecule has 0 heterocycles. The molecule has 0 bridgehead atoms. The van der Waals surface area contributed by atoms with E-state index in [4.69, 9.17) is 17.3 Å². The van der Waals surface area contributed by atoms with Crippen LogP contribution >= 0.6 is 11.6 Å². The first-order chi connectivity index (χ1) is 6.77. The van der Waals surface area contributed by atoms with Crippen molar-refractivity contribution in [3.8, 4) is 0 Å². The third-order valence-electron chi connectivity index (χ3n) is 2.16. The van der Waals surface area contributed by atoms with Gasteiger partial charge >= 0.3 is 0 Å². The van der Waals surface area contributed by atoms with Crippen LogP contribution in [0.25, 0.3) is 0 Å². The molecular weight excluding hydrogens is 196 g/mol. The van der Waals surface area contributed by atoms with E-state index in [0.717, 1.165) is 23.6 Å². The average molecular weight is 213 g/mol. The van der Waals surface area contributed by atoms with Crippen LogP contribution in [-0.4, -0.2) is 12.6 Å². The van der Waals surface area contributed by atoms with E-state index < -0.39 is 0 Å². The van der Waals surface area contributed by atoms with Crippen LogP contribution in [0.4, 0.5) is 5.69 Å². The first kappa shape index (κ1) is 11.3. The van der Waals surface area contributed by atoms with Crippen molar-refractivity contribution in [3.63, 3.8) is 0 Å². The van der Waals surface area contributed by atoms with E-state index in [0.29, 0.717) is 12.6 Å². The van der Waals surface area contributed by atoms with E-state index in [-0.39, 0.29) is 0 Å². The highest BCUT2D eigenvalue weighted by atomic mass is 35.5. The molecule has 0 aromatic heterocycles. The van der Waals surface area contributed by atoms with Gasteiger partial charge in [0.05, 0.1) is 10.7 Å². The molecule has 1 unspecified atom stereocenters. The summed E-state index contributed by atoms with van der Waals surface area (Å²) >= 11 is 6.02. The quantitative estimate of drug-likeness (QED) is 0.788. The van der Waals surface area contributed by atoms with Crippen molar-refractivity contribution >= 4 is 17.3 Å². The van der Waals surface area contributed by atoms with Crippen molar-refractivity contribution in [2.24, 2.45) is 5.73 Å². The van der Waals surface area contributed by atoms with Crippen molar-refractivity contribution in [2.45, 2.75) is 25.8 Å². The predicted molar refractivity (Wildman–Crippen MR) is 62.8 cm³/mol. The van der Waals surface area contributed by atoms with E-state index in [2.05, 4.69) is 12.2 Å². The first-order valence-electron chi connectivity index (χ1n) is 4.99. The van der Waals surface area contributed by atoms with E-state index in [1.54, 1.807) is 0 Å². The predicted octanol–water partition coefficient (Wildman–Crippen LogP) is 2.88. The molecular formula is C11H17ClN2. The van der Waals surface area contributed by atoms with Gasteiger partial charge in [0.25, 0.3) is 0 Å². The zero-order valence-electron chi connectivity index (χ0n) is 8.46. The maximum Gasteiger partial charge on any atom is 0.0637 e. The summed E-state index contributed by atoms with van der Waals surface area (Å²) < 4.78 is 0. The Balaban J connectivity index is 2.62. The fourth-order valence-corrected chi connectivity index (χ4v) is 1.59. The van der Waals surface area contributed by atoms with Gasteiger partial charge in [-0.2, -0.15) is 0 Å². The zero-order chi connectivity index (χ0) is 10.4. The van der Waals surface area contributed by atoms with Crippen LogP contribution in [0.15, 0.2) is 24.3 Å². The Kier molecular flexibility index (Phi) is 4.77. The summed E-state index contributed by atoms with van der Waals surface area (Å²) in [5.41, 5.74) is 6.62. The first-order valence-corrected chi connectivity index (χ1v) is 5.36. The fraction of sp³-hybridized carbons (Fsp3) is 0.455. The molecule has 2 nitrogen and oxygen atoms in total. The Labute approximate surface area is 90.4 Å². The van der Waals surface area contributed by atoms with E-state index in [1.807, 2.05) is 24.3 Å². The van der Waals surface area contributed by atoms with E-state index in [9.17, 15) is 0 Å². The lowest BCUT2D eigenvalue weighted by molar-refractivity contribution is 0.648. The molecule has 1 aromatic rings. The van der Waals surface area contributed by atoms with Crippen LogP contribution in [0.2, 0.25) is 5.02 Å². The third kappa shape index (κ3) is 3.20. The molecule has 0 amide bonds. The van der Waals surface area contributed by atoms with Gasteiger partial charge in [-0.3, -0.25) is 0 Å². The number of hydrogen-bond donors (Lipinski definition) is 2. The van der Waals surface area contributed by atoms with Gasteiger partial charge in [0.15, 0.2) is 0 Å². The summed E-state index contributed by atoms with van der Waals surface area (Å²) in [6.07, 6.45) is 2.20. The second-order valence-corrected chi connectivity index (χ2v) is 3.75. The lowest BCUT2D eigenvalue weighted by Gasteiger charge is -2.17. The highest BCUT2D eigenvalue weighted by Crippen LogP contribution is 2.21. The molecule has 14 heavy (non-hydrogen) atoms. The summed E-state index contributed by atoms with van der Waals surface area (Å²) in [6.45, 7) is 2.79. The number of rotatable bonds is 5. The Bertz CT molecular complexity index is 276. The highest BCUT2D eigenvalue weighted by molar-refractivity contribution is 6.33. The molecule has 0 saturated heterocycles. The second-order valence-electron chi connectivity index (χ2n) is 3.35. The molecule has 1 atom stereocenters. The number of halogens is 1. The number of nitrogens with one attached hydrogen (secondary N) is 1. The van der Waals surface area contributed by atoms with Crippen molar-refractivity contribution in [2.75, 3.05) is 11.9 Å². The van der Waals surface area contributed by atoms with Crippen LogP contribution in [0.1, 0.15) is 19.8 Å². The standard InChI is InChI=1S/C11H17ClN2/c1-2-5-9(8-13)14-11-7-4-3-6-10(11)12/h3-4,6-7,9,14H,2,5,8,13H2,1H3. The summed E-state index contributed by atoms with van der Waals surface area (Å²) in [7, 11) is 0. The highest BCUT2D eigenvalue weighted by Gasteiger charge is 2.06. The summed E-state index contributed by atoms with van der Waals surface area (Å²) in [6, 6.07) is 8.06. The largest absolute Gasteiger partial charge is 0.380 e. The Morgan fingerprint density at radius 1 is 1.43 bits per heavy atom. The van der Waals surface area contributed by atoms with Crippen LogP contribution in [0.3, 0.4) is 0 Å². The minimum Gasteiger partial charge on any atom is -0.380 e. The van der Waals surface area contributed by atoms with Crippen molar-refractivity contribution in [3.05, 3.63) is 29.3 Å². The smallest absolute Gasteiger partial charge is 0.0637 e. The lowest BCUT2D eigenvalue weighted by atomic mass is 10.1. The van der Waals surface area contributed by atoms with Gasteiger partial charge in [0.2, 0.25) is 0 Å². The Morgan fingerprint density at radius 2 is 2.14 bits per heavy atom. The third-order valence-corrected chi connectivity index (χ3v) is 2.48. The van der Waals surface area contributed by atoms with Gasteiger partial charge in [-0.05, 0) is 18.6 Å². The molecule has 1 rings (SSSR count). The maximum absolute atomic E-state index is 6.02. The molecule has 78 valence electrons. The zero-order valence-corrected chi connectivity index (χ0v) is 9.22. The molecule has 0 radical (unpaired) electrons. The molecule has 0 aliphatic carbocycles. The molecule has 0 fully saturated rings. The number of anilines is 1. The Hall–Kier alpha value is -0.730. The van der Waals surface area contributed by atoms with Gasteiger partial charge in [0, 0.05) is 12.6 Å². The van der Waals surface area contributed by atoms with Gasteiger partial charge < -0.3 is 11.1 Å². The van der Waals surface area contributed by atoms with Crippen molar-refractivity contribution in [1.29, 1.82) is 0 Å². The lowest BCUT2D eigenvalue weighted by Crippen LogP contribution is -2.28. The molecule has 0 aliphatic rings. The van der Waals surface area contributed by atoms with E-state index >= 15 is 0 Å². The van der Waals surface area contributed by atoms with Gasteiger partial charge in [-0.15, -0.1) is 0 Å². The minimum absolute atomic E-state index is 0.319. The second kappa shape index (κ2) is 5.89. The van der Waals surface area contributed by atoms with Crippen LogP contribution in [0, 0.1) is 0 Å². The topological polar surface area (TPSA) is 38.0 Å². The minimum atomic E-state index is 0.319. The number of nitrogens with two attached hydrogens (primary N) is 1. The van der Waals surface area contributed by atoms with Gasteiger partial charge in [-0.25, -0.2) is 0 Å². The van der Waals surface area contributed by atoms with Gasteiger partial charge in [0.1, 0.15) is 0 Å². The van der Waals surface area contributed by atoms with Crippen molar-refractivity contribution < 1.29 is 0 Å². The van der Waals surface area contributed by atoms with Crippen molar-refractivity contribution in [1.82, 2.24) is 0 Å². The molecule has 0 aliphatic heterocycles. The average Bonchev–Trinajstić information content (AvgIpc) is 2.20. The SMILES string of the molecule is CCCC(CN)Nc1ccccc1Cl. The molecule has 1 aromatic carbocycles. The van der Waals surface area contributed by atoms with E-state index in [1.165, 1.54) is 0 Å². The van der Waals surface area contributed by atoms with Gasteiger partial charge in [-0.1, -0.05) is 37.1 Å². The van der Waals surface area contributed by atoms with Crippen LogP contribution in [0.5, 0.6) is 0 Å². The summed E-state index contributed by atoms with van der Waals surface area (Å²) in [5.74, 6) is 0. The Morgan fingerprint density at radius 3 is 2.71 bits per heavy atom. The fourth-order valence-electron chi connectivity index (χ4n) is 1.40. The van der Waals surface area contributed by atoms with Crippen LogP contribution in [-0.2, 0) is 0 Å². The number of benzene rings is 1. The molecule has 3 N–H and O–H groups in total. The molecule has 3 heteroatoms. The normalized spacial score (nSPS) is 12.5. The summed E-state index contributed by atoms with van der Waals surface area (Å²) in [5, 5.41) is 4.09. The number of hydrogen-bond acceptors (Lipinski definition) is 2. The molecule has 0 saturated carbocycles. The molecule has 0 spiro atoms. The van der Waals surface area contributed by atoms with Crippen LogP contribution < -0.4 is 11.1 Å². The maximum atomic E-state index is 6.02. The summed E-state index contributed by atoms with van der Waals surface area (Å²) in [4.78, 5) is 0.